The van der Waals surface area contributed by atoms with Crippen molar-refractivity contribution in [2.45, 2.75) is 57.4 Å². The van der Waals surface area contributed by atoms with Gasteiger partial charge in [-0.05, 0) is 49.7 Å². The lowest BCUT2D eigenvalue weighted by molar-refractivity contribution is 0.223. The van der Waals surface area contributed by atoms with Crippen molar-refractivity contribution in [2.24, 2.45) is 11.7 Å². The van der Waals surface area contributed by atoms with Crippen LogP contribution in [0.4, 0.5) is 0 Å². The van der Waals surface area contributed by atoms with E-state index in [2.05, 4.69) is 6.92 Å². The van der Waals surface area contributed by atoms with Gasteiger partial charge in [0.15, 0.2) is 0 Å². The molecule has 1 aliphatic carbocycles. The Morgan fingerprint density at radius 3 is 2.58 bits per heavy atom. The molecule has 1 aromatic carbocycles. The van der Waals surface area contributed by atoms with Gasteiger partial charge < -0.3 is 5.73 Å². The molecule has 1 aromatic rings. The van der Waals surface area contributed by atoms with Crippen LogP contribution in [-0.2, 0) is 6.42 Å². The summed E-state index contributed by atoms with van der Waals surface area (Å²) in [5.74, 6) is 0.872. The molecule has 2 rings (SSSR count). The summed E-state index contributed by atoms with van der Waals surface area (Å²) in [6.07, 6.45) is 8.16. The molecule has 0 bridgehead atoms. The summed E-state index contributed by atoms with van der Waals surface area (Å²) >= 11 is 12.3. The van der Waals surface area contributed by atoms with Crippen molar-refractivity contribution < 1.29 is 0 Å². The average Bonchev–Trinajstić information content (AvgIpc) is 2.38. The van der Waals surface area contributed by atoms with Gasteiger partial charge in [0.2, 0.25) is 0 Å². The summed E-state index contributed by atoms with van der Waals surface area (Å²) in [5, 5.41) is 1.30. The van der Waals surface area contributed by atoms with E-state index in [4.69, 9.17) is 28.9 Å². The Labute approximate surface area is 126 Å². The van der Waals surface area contributed by atoms with Gasteiger partial charge >= 0.3 is 0 Å². The van der Waals surface area contributed by atoms with E-state index in [0.717, 1.165) is 30.7 Å². The second-order valence-corrected chi connectivity index (χ2v) is 6.77. The predicted molar refractivity (Wildman–Crippen MR) is 84.0 cm³/mol. The molecule has 3 heteroatoms. The molecule has 0 aliphatic heterocycles. The third kappa shape index (κ3) is 3.87. The zero-order valence-electron chi connectivity index (χ0n) is 11.6. The molecule has 0 unspecified atom stereocenters. The molecule has 2 N–H and O–H groups in total. The minimum atomic E-state index is -0.0986. The summed E-state index contributed by atoms with van der Waals surface area (Å²) in [5.41, 5.74) is 7.56. The molecule has 0 atom stereocenters. The molecular formula is C16H23Cl2N. The normalized spacial score (nSPS) is 27.5. The van der Waals surface area contributed by atoms with Crippen molar-refractivity contribution in [1.82, 2.24) is 0 Å². The predicted octanol–water partition coefficient (Wildman–Crippen LogP) is 5.22. The van der Waals surface area contributed by atoms with E-state index in [1.807, 2.05) is 18.2 Å². The van der Waals surface area contributed by atoms with Crippen LogP contribution in [0.5, 0.6) is 0 Å². The van der Waals surface area contributed by atoms with Crippen LogP contribution in [-0.4, -0.2) is 5.54 Å². The molecule has 106 valence electrons. The van der Waals surface area contributed by atoms with Gasteiger partial charge in [-0.25, -0.2) is 0 Å². The van der Waals surface area contributed by atoms with Gasteiger partial charge in [0, 0.05) is 5.54 Å². The Bertz CT molecular complexity index is 423. The number of benzene rings is 1. The summed E-state index contributed by atoms with van der Waals surface area (Å²) in [4.78, 5) is 0. The maximum absolute atomic E-state index is 6.57. The van der Waals surface area contributed by atoms with E-state index < -0.39 is 0 Å². The Kier molecular flexibility index (Phi) is 5.16. The Balaban J connectivity index is 2.01. The number of hydrogen-bond acceptors (Lipinski definition) is 1. The third-order valence-electron chi connectivity index (χ3n) is 4.37. The van der Waals surface area contributed by atoms with Crippen LogP contribution in [0.25, 0.3) is 0 Å². The average molecular weight is 300 g/mol. The molecule has 1 saturated carbocycles. The molecule has 1 aliphatic rings. The maximum atomic E-state index is 6.57. The second kappa shape index (κ2) is 6.47. The van der Waals surface area contributed by atoms with Gasteiger partial charge in [-0.2, -0.15) is 0 Å². The minimum Gasteiger partial charge on any atom is -0.325 e. The van der Waals surface area contributed by atoms with Crippen molar-refractivity contribution in [3.05, 3.63) is 33.8 Å². The second-order valence-electron chi connectivity index (χ2n) is 5.98. The Morgan fingerprint density at radius 1 is 1.26 bits per heavy atom. The number of nitrogens with two attached hydrogens (primary N) is 1. The number of halogens is 2. The fourth-order valence-electron chi connectivity index (χ4n) is 3.19. The molecule has 0 saturated heterocycles. The van der Waals surface area contributed by atoms with Crippen molar-refractivity contribution in [1.29, 1.82) is 0 Å². The fourth-order valence-corrected chi connectivity index (χ4v) is 3.58. The standard InChI is InChI=1S/C16H23Cl2N/c1-2-4-12-7-9-16(19,10-8-12)11-13-5-3-6-14(17)15(13)18/h3,5-6,12H,2,4,7-11,19H2,1H3. The zero-order chi connectivity index (χ0) is 13.9. The molecule has 0 radical (unpaired) electrons. The number of hydrogen-bond donors (Lipinski definition) is 1. The molecule has 0 heterocycles. The van der Waals surface area contributed by atoms with E-state index in [0.29, 0.717) is 10.0 Å². The Hall–Kier alpha value is -0.240. The van der Waals surface area contributed by atoms with Crippen molar-refractivity contribution in [2.75, 3.05) is 0 Å². The lowest BCUT2D eigenvalue weighted by Gasteiger charge is -2.37. The van der Waals surface area contributed by atoms with E-state index in [1.54, 1.807) is 0 Å². The van der Waals surface area contributed by atoms with E-state index in [9.17, 15) is 0 Å². The third-order valence-corrected chi connectivity index (χ3v) is 5.23. The van der Waals surface area contributed by atoms with Crippen LogP contribution in [0.15, 0.2) is 18.2 Å². The smallest absolute Gasteiger partial charge is 0.0624 e. The van der Waals surface area contributed by atoms with Gasteiger partial charge in [-0.15, -0.1) is 0 Å². The zero-order valence-corrected chi connectivity index (χ0v) is 13.1. The van der Waals surface area contributed by atoms with E-state index in [-0.39, 0.29) is 5.54 Å². The van der Waals surface area contributed by atoms with E-state index >= 15 is 0 Å². The van der Waals surface area contributed by atoms with Crippen molar-refractivity contribution >= 4 is 23.2 Å². The summed E-state index contributed by atoms with van der Waals surface area (Å²) in [6, 6.07) is 5.82. The van der Waals surface area contributed by atoms with Crippen LogP contribution in [0.2, 0.25) is 10.0 Å². The monoisotopic (exact) mass is 299 g/mol. The van der Waals surface area contributed by atoms with Gasteiger partial charge in [0.1, 0.15) is 0 Å². The summed E-state index contributed by atoms with van der Waals surface area (Å²) < 4.78 is 0. The van der Waals surface area contributed by atoms with Crippen LogP contribution >= 0.6 is 23.2 Å². The van der Waals surface area contributed by atoms with Gasteiger partial charge in [-0.1, -0.05) is 55.1 Å². The van der Waals surface area contributed by atoms with Gasteiger partial charge in [0.25, 0.3) is 0 Å². The maximum Gasteiger partial charge on any atom is 0.0624 e. The van der Waals surface area contributed by atoms with Gasteiger partial charge in [0.05, 0.1) is 10.0 Å². The topological polar surface area (TPSA) is 26.0 Å². The highest BCUT2D eigenvalue weighted by Crippen LogP contribution is 2.37. The molecule has 19 heavy (non-hydrogen) atoms. The van der Waals surface area contributed by atoms with Gasteiger partial charge in [-0.3, -0.25) is 0 Å². The molecule has 1 nitrogen and oxygen atoms in total. The van der Waals surface area contributed by atoms with Crippen LogP contribution in [0.3, 0.4) is 0 Å². The first-order valence-corrected chi connectivity index (χ1v) is 8.01. The summed E-state index contributed by atoms with van der Waals surface area (Å²) in [7, 11) is 0. The van der Waals surface area contributed by atoms with Crippen LogP contribution < -0.4 is 5.73 Å². The Morgan fingerprint density at radius 2 is 1.95 bits per heavy atom. The molecule has 0 aromatic heterocycles. The highest BCUT2D eigenvalue weighted by atomic mass is 35.5. The minimum absolute atomic E-state index is 0.0986. The number of rotatable bonds is 4. The van der Waals surface area contributed by atoms with Crippen molar-refractivity contribution in [3.63, 3.8) is 0 Å². The molecule has 0 amide bonds. The SMILES string of the molecule is CCCC1CCC(N)(Cc2cccc(Cl)c2Cl)CC1. The van der Waals surface area contributed by atoms with Crippen molar-refractivity contribution in [3.8, 4) is 0 Å². The van der Waals surface area contributed by atoms with Crippen LogP contribution in [0.1, 0.15) is 51.0 Å². The lowest BCUT2D eigenvalue weighted by Crippen LogP contribution is -2.45. The van der Waals surface area contributed by atoms with E-state index in [1.165, 1.54) is 25.7 Å². The first-order valence-electron chi connectivity index (χ1n) is 7.26. The first kappa shape index (κ1) is 15.2. The molecular weight excluding hydrogens is 277 g/mol. The largest absolute Gasteiger partial charge is 0.325 e. The highest BCUT2D eigenvalue weighted by molar-refractivity contribution is 6.42. The quantitative estimate of drug-likeness (QED) is 0.810. The highest BCUT2D eigenvalue weighted by Gasteiger charge is 2.32. The molecule has 1 fully saturated rings. The summed E-state index contributed by atoms with van der Waals surface area (Å²) in [6.45, 7) is 2.26. The molecule has 0 spiro atoms. The fraction of sp³-hybridized carbons (Fsp3) is 0.625. The lowest BCUT2D eigenvalue weighted by atomic mass is 9.73. The first-order chi connectivity index (χ1) is 9.04. The van der Waals surface area contributed by atoms with Crippen LogP contribution in [0, 0.1) is 5.92 Å².